The molecule has 0 spiro atoms. The smallest absolute Gasteiger partial charge is 0.265 e. The molecule has 1 aliphatic carbocycles. The molecule has 2 heterocycles. The molecule has 1 amide bonds. The van der Waals surface area contributed by atoms with Gasteiger partial charge in [-0.3, -0.25) is 4.79 Å². The minimum atomic E-state index is 0.144. The van der Waals surface area contributed by atoms with E-state index in [1.54, 1.807) is 0 Å². The van der Waals surface area contributed by atoms with Crippen molar-refractivity contribution in [3.63, 3.8) is 0 Å². The highest BCUT2D eigenvalue weighted by atomic mass is 79.9. The Balaban J connectivity index is 1.32. The highest BCUT2D eigenvalue weighted by Gasteiger charge is 2.25. The van der Waals surface area contributed by atoms with Gasteiger partial charge in [0, 0.05) is 37.2 Å². The third-order valence-electron chi connectivity index (χ3n) is 6.22. The van der Waals surface area contributed by atoms with Gasteiger partial charge in [0.2, 0.25) is 0 Å². The van der Waals surface area contributed by atoms with Crippen LogP contribution >= 0.6 is 27.3 Å². The highest BCUT2D eigenvalue weighted by molar-refractivity contribution is 9.10. The molecule has 4 nitrogen and oxygen atoms in total. The first-order valence-corrected chi connectivity index (χ1v) is 12.5. The second-order valence-electron chi connectivity index (χ2n) is 8.11. The van der Waals surface area contributed by atoms with Gasteiger partial charge >= 0.3 is 0 Å². The molecule has 4 rings (SSSR count). The van der Waals surface area contributed by atoms with Crippen molar-refractivity contribution < 1.29 is 4.79 Å². The number of halogens is 1. The number of carbonyl (C=O) groups is 1. The van der Waals surface area contributed by atoms with Crippen molar-refractivity contribution in [2.75, 3.05) is 42.9 Å². The number of benzene rings is 1. The lowest BCUT2D eigenvalue weighted by atomic mass is 9.87. The van der Waals surface area contributed by atoms with Gasteiger partial charge in [0.1, 0.15) is 4.88 Å². The van der Waals surface area contributed by atoms with E-state index in [0.717, 1.165) is 48.0 Å². The maximum Gasteiger partial charge on any atom is 0.265 e. The summed E-state index contributed by atoms with van der Waals surface area (Å²) in [5.41, 5.74) is 2.49. The summed E-state index contributed by atoms with van der Waals surface area (Å²) >= 11 is 5.00. The SMILES string of the molecule is O=C(c1sccc1Br)N1CCN(c2ccccc2NCCC2CCCCC2)CC1. The van der Waals surface area contributed by atoms with Gasteiger partial charge in [0.05, 0.1) is 11.4 Å². The average Bonchev–Trinajstić information content (AvgIpc) is 3.20. The molecule has 1 aliphatic heterocycles. The van der Waals surface area contributed by atoms with Crippen LogP contribution in [-0.2, 0) is 0 Å². The molecule has 29 heavy (non-hydrogen) atoms. The Morgan fingerprint density at radius 3 is 2.55 bits per heavy atom. The first-order valence-electron chi connectivity index (χ1n) is 10.8. The number of carbonyl (C=O) groups excluding carboxylic acids is 1. The van der Waals surface area contributed by atoms with Crippen LogP contribution in [0.4, 0.5) is 11.4 Å². The molecular weight excluding hydrogens is 446 g/mol. The van der Waals surface area contributed by atoms with E-state index in [9.17, 15) is 4.79 Å². The normalized spacial score (nSPS) is 18.1. The summed E-state index contributed by atoms with van der Waals surface area (Å²) in [5.74, 6) is 1.04. The van der Waals surface area contributed by atoms with Gasteiger partial charge < -0.3 is 15.1 Å². The summed E-state index contributed by atoms with van der Waals surface area (Å²) in [7, 11) is 0. The van der Waals surface area contributed by atoms with Gasteiger partial charge in [-0.1, -0.05) is 44.2 Å². The van der Waals surface area contributed by atoms with Crippen molar-refractivity contribution in [3.8, 4) is 0 Å². The van der Waals surface area contributed by atoms with Crippen LogP contribution < -0.4 is 10.2 Å². The van der Waals surface area contributed by atoms with E-state index >= 15 is 0 Å². The fourth-order valence-electron chi connectivity index (χ4n) is 4.53. The van der Waals surface area contributed by atoms with Crippen molar-refractivity contribution in [1.29, 1.82) is 0 Å². The van der Waals surface area contributed by atoms with Gasteiger partial charge in [-0.15, -0.1) is 11.3 Å². The van der Waals surface area contributed by atoms with E-state index in [0.29, 0.717) is 0 Å². The molecule has 156 valence electrons. The molecule has 2 aromatic rings. The molecule has 6 heteroatoms. The Morgan fingerprint density at radius 2 is 1.83 bits per heavy atom. The standard InChI is InChI=1S/C23H30BrN3OS/c24-19-11-17-29-22(19)23(28)27-15-13-26(14-16-27)21-9-5-4-8-20(21)25-12-10-18-6-2-1-3-7-18/h4-5,8-9,11,17-18,25H,1-3,6-7,10,12-16H2. The van der Waals surface area contributed by atoms with Crippen molar-refractivity contribution >= 4 is 44.5 Å². The Labute approximate surface area is 186 Å². The van der Waals surface area contributed by atoms with Crippen LogP contribution in [0.1, 0.15) is 48.2 Å². The van der Waals surface area contributed by atoms with E-state index < -0.39 is 0 Å². The number of nitrogens with zero attached hydrogens (tertiary/aromatic N) is 2. The van der Waals surface area contributed by atoms with E-state index in [4.69, 9.17) is 0 Å². The molecule has 2 aliphatic rings. The third-order valence-corrected chi connectivity index (χ3v) is 8.04. The van der Waals surface area contributed by atoms with Crippen LogP contribution in [0.3, 0.4) is 0 Å². The number of anilines is 2. The minimum Gasteiger partial charge on any atom is -0.383 e. The van der Waals surface area contributed by atoms with Gasteiger partial charge in [-0.25, -0.2) is 0 Å². The first-order chi connectivity index (χ1) is 14.2. The number of amides is 1. The number of nitrogens with one attached hydrogen (secondary N) is 1. The fraction of sp³-hybridized carbons (Fsp3) is 0.522. The monoisotopic (exact) mass is 475 g/mol. The van der Waals surface area contributed by atoms with Crippen LogP contribution in [0.25, 0.3) is 0 Å². The Morgan fingerprint density at radius 1 is 1.07 bits per heavy atom. The zero-order chi connectivity index (χ0) is 20.1. The summed E-state index contributed by atoms with van der Waals surface area (Å²) in [5, 5.41) is 5.66. The molecule has 0 bridgehead atoms. The van der Waals surface area contributed by atoms with Gasteiger partial charge in [-0.2, -0.15) is 0 Å². The Hall–Kier alpha value is -1.53. The van der Waals surface area contributed by atoms with Crippen LogP contribution in [0, 0.1) is 5.92 Å². The summed E-state index contributed by atoms with van der Waals surface area (Å²) in [6, 6.07) is 10.6. The maximum atomic E-state index is 12.8. The molecule has 1 saturated carbocycles. The fourth-order valence-corrected chi connectivity index (χ4v) is 6.03. The highest BCUT2D eigenvalue weighted by Crippen LogP contribution is 2.30. The van der Waals surface area contributed by atoms with Crippen molar-refractivity contribution in [1.82, 2.24) is 4.90 Å². The molecule has 0 radical (unpaired) electrons. The lowest BCUT2D eigenvalue weighted by Gasteiger charge is -2.37. The molecule has 0 atom stereocenters. The molecule has 1 N–H and O–H groups in total. The van der Waals surface area contributed by atoms with Crippen LogP contribution in [0.15, 0.2) is 40.2 Å². The topological polar surface area (TPSA) is 35.6 Å². The van der Waals surface area contributed by atoms with E-state index in [2.05, 4.69) is 50.4 Å². The zero-order valence-corrected chi connectivity index (χ0v) is 19.3. The second kappa shape index (κ2) is 9.98. The van der Waals surface area contributed by atoms with E-state index in [-0.39, 0.29) is 5.91 Å². The second-order valence-corrected chi connectivity index (χ2v) is 9.88. The number of rotatable bonds is 6. The average molecular weight is 476 g/mol. The number of para-hydroxylation sites is 2. The lowest BCUT2D eigenvalue weighted by molar-refractivity contribution is 0.0751. The van der Waals surface area contributed by atoms with Crippen LogP contribution in [-0.4, -0.2) is 43.5 Å². The summed E-state index contributed by atoms with van der Waals surface area (Å²) in [4.78, 5) is 18.0. The largest absolute Gasteiger partial charge is 0.383 e. The van der Waals surface area contributed by atoms with E-state index in [1.807, 2.05) is 16.3 Å². The molecule has 1 saturated heterocycles. The third kappa shape index (κ3) is 5.15. The minimum absolute atomic E-state index is 0.144. The maximum absolute atomic E-state index is 12.8. The summed E-state index contributed by atoms with van der Waals surface area (Å²) in [6.07, 6.45) is 8.31. The van der Waals surface area contributed by atoms with E-state index in [1.165, 1.54) is 61.2 Å². The number of hydrogen-bond acceptors (Lipinski definition) is 4. The van der Waals surface area contributed by atoms with Crippen LogP contribution in [0.2, 0.25) is 0 Å². The van der Waals surface area contributed by atoms with Crippen LogP contribution in [0.5, 0.6) is 0 Å². The predicted octanol–water partition coefficient (Wildman–Crippen LogP) is 5.86. The summed E-state index contributed by atoms with van der Waals surface area (Å²) in [6.45, 7) is 4.32. The number of thiophene rings is 1. The van der Waals surface area contributed by atoms with Gasteiger partial charge in [-0.05, 0) is 51.8 Å². The molecule has 2 fully saturated rings. The lowest BCUT2D eigenvalue weighted by Crippen LogP contribution is -2.48. The summed E-state index contributed by atoms with van der Waals surface area (Å²) < 4.78 is 0.905. The quantitative estimate of drug-likeness (QED) is 0.568. The number of hydrogen-bond donors (Lipinski definition) is 1. The number of piperazine rings is 1. The van der Waals surface area contributed by atoms with Gasteiger partial charge in [0.25, 0.3) is 5.91 Å². The van der Waals surface area contributed by atoms with Gasteiger partial charge in [0.15, 0.2) is 0 Å². The molecule has 1 aromatic carbocycles. The van der Waals surface area contributed by atoms with Crippen molar-refractivity contribution in [3.05, 3.63) is 45.1 Å². The first kappa shape index (κ1) is 20.7. The molecule has 1 aromatic heterocycles. The van der Waals surface area contributed by atoms with Crippen molar-refractivity contribution in [2.45, 2.75) is 38.5 Å². The Bertz CT molecular complexity index is 810. The van der Waals surface area contributed by atoms with Crippen molar-refractivity contribution in [2.24, 2.45) is 5.92 Å². The zero-order valence-electron chi connectivity index (χ0n) is 16.9. The molecular formula is C23H30BrN3OS. The Kier molecular flexibility index (Phi) is 7.14. The molecule has 0 unspecified atom stereocenters. The predicted molar refractivity (Wildman–Crippen MR) is 126 cm³/mol.